The maximum absolute atomic E-state index is 12.2. The molecule has 0 saturated heterocycles. The first-order chi connectivity index (χ1) is 15.4. The molecule has 4 fully saturated rings. The maximum Gasteiger partial charge on any atom is 0.266 e. The van der Waals surface area contributed by atoms with Crippen molar-refractivity contribution in [2.75, 3.05) is 12.3 Å². The Hall–Kier alpha value is -0.660. The van der Waals surface area contributed by atoms with E-state index in [2.05, 4.69) is 26.1 Å². The number of aliphatic hydroxyl groups excluding tert-OH is 1. The van der Waals surface area contributed by atoms with Crippen LogP contribution in [-0.2, 0) is 14.9 Å². The SMILES string of the molecule is C[C@@H](CCC(=O)NCCS(=O)(=O)O)[C@H]1CC[C@H]2[C@@H]3CC[C@@H]4C[C@@H](O)CC[C@]4(C)[C@H]3CC[C@]12C. The lowest BCUT2D eigenvalue weighted by Crippen LogP contribution is -2.54. The van der Waals surface area contributed by atoms with Crippen molar-refractivity contribution < 1.29 is 22.9 Å². The lowest BCUT2D eigenvalue weighted by molar-refractivity contribution is -0.129. The fourth-order valence-electron chi connectivity index (χ4n) is 9.18. The van der Waals surface area contributed by atoms with Crippen LogP contribution in [0.3, 0.4) is 0 Å². The van der Waals surface area contributed by atoms with Gasteiger partial charge >= 0.3 is 0 Å². The van der Waals surface area contributed by atoms with Gasteiger partial charge in [-0.3, -0.25) is 9.35 Å². The van der Waals surface area contributed by atoms with Gasteiger partial charge in [0.25, 0.3) is 10.1 Å². The second-order valence-corrected chi connectivity index (χ2v) is 14.0. The van der Waals surface area contributed by atoms with Gasteiger partial charge in [0.15, 0.2) is 0 Å². The van der Waals surface area contributed by atoms with Crippen molar-refractivity contribution in [1.29, 1.82) is 0 Å². The van der Waals surface area contributed by atoms with Gasteiger partial charge in [-0.1, -0.05) is 20.8 Å². The highest BCUT2D eigenvalue weighted by Gasteiger charge is 2.60. The molecule has 0 bridgehead atoms. The molecule has 4 saturated carbocycles. The summed E-state index contributed by atoms with van der Waals surface area (Å²) >= 11 is 0. The number of amides is 1. The van der Waals surface area contributed by atoms with E-state index in [4.69, 9.17) is 4.55 Å². The third kappa shape index (κ3) is 5.02. The normalized spacial score (nSPS) is 43.8. The van der Waals surface area contributed by atoms with Crippen LogP contribution >= 0.6 is 0 Å². The third-order valence-corrected chi connectivity index (χ3v) is 11.6. The van der Waals surface area contributed by atoms with E-state index in [-0.39, 0.29) is 18.6 Å². The highest BCUT2D eigenvalue weighted by molar-refractivity contribution is 7.85. The molecule has 6 nitrogen and oxygen atoms in total. The first-order valence-electron chi connectivity index (χ1n) is 13.3. The minimum absolute atomic E-state index is 0.0326. The Balaban J connectivity index is 1.35. The van der Waals surface area contributed by atoms with E-state index in [0.29, 0.717) is 35.0 Å². The molecule has 4 rings (SSSR count). The number of carbonyl (C=O) groups excluding carboxylic acids is 1. The first kappa shape index (κ1) is 25.4. The zero-order valence-corrected chi connectivity index (χ0v) is 21.6. The second kappa shape index (κ2) is 9.42. The van der Waals surface area contributed by atoms with Gasteiger partial charge in [0.05, 0.1) is 11.9 Å². The number of fused-ring (bicyclic) bond motifs is 5. The van der Waals surface area contributed by atoms with Crippen molar-refractivity contribution in [3.8, 4) is 0 Å². The Bertz CT molecular complexity index is 831. The van der Waals surface area contributed by atoms with Crippen LogP contribution in [-0.4, -0.2) is 42.4 Å². The van der Waals surface area contributed by atoms with Gasteiger partial charge in [-0.05, 0) is 111 Å². The molecule has 33 heavy (non-hydrogen) atoms. The van der Waals surface area contributed by atoms with Crippen molar-refractivity contribution in [2.45, 2.75) is 97.5 Å². The summed E-state index contributed by atoms with van der Waals surface area (Å²) in [7, 11) is -4.04. The van der Waals surface area contributed by atoms with Gasteiger partial charge in [-0.25, -0.2) is 0 Å². The largest absolute Gasteiger partial charge is 0.393 e. The monoisotopic (exact) mass is 483 g/mol. The summed E-state index contributed by atoms with van der Waals surface area (Å²) in [5.41, 5.74) is 0.771. The number of aliphatic hydroxyl groups is 1. The number of carbonyl (C=O) groups is 1. The Labute approximate surface area is 200 Å². The van der Waals surface area contributed by atoms with E-state index in [1.54, 1.807) is 0 Å². The molecule has 3 N–H and O–H groups in total. The first-order valence-corrected chi connectivity index (χ1v) is 14.9. The van der Waals surface area contributed by atoms with Gasteiger partial charge in [0.1, 0.15) is 0 Å². The molecular formula is C26H45NO5S. The second-order valence-electron chi connectivity index (χ2n) is 12.5. The maximum atomic E-state index is 12.2. The minimum Gasteiger partial charge on any atom is -0.393 e. The molecule has 0 aliphatic heterocycles. The van der Waals surface area contributed by atoms with Crippen LogP contribution in [0.2, 0.25) is 0 Å². The zero-order chi connectivity index (χ0) is 24.0. The quantitative estimate of drug-likeness (QED) is 0.465. The van der Waals surface area contributed by atoms with E-state index >= 15 is 0 Å². The van der Waals surface area contributed by atoms with Crippen molar-refractivity contribution >= 4 is 16.0 Å². The van der Waals surface area contributed by atoms with Gasteiger partial charge < -0.3 is 10.4 Å². The van der Waals surface area contributed by atoms with E-state index in [9.17, 15) is 18.3 Å². The summed E-state index contributed by atoms with van der Waals surface area (Å²) < 4.78 is 30.5. The molecule has 0 heterocycles. The molecule has 0 radical (unpaired) electrons. The van der Waals surface area contributed by atoms with E-state index in [0.717, 1.165) is 37.0 Å². The standard InChI is InChI=1S/C26H45NO5S/c1-17(4-9-24(29)27-14-15-33(30,31)32)21-7-8-22-20-6-5-18-16-19(28)10-12-25(18,2)23(20)11-13-26(21,22)3/h17-23,28H,4-16H2,1-3H3,(H,27,29)(H,30,31,32)/t17-,18+,19-,20-,21+,22-,23-,25-,26+/m0/s1. The van der Waals surface area contributed by atoms with E-state index in [1.807, 2.05) is 0 Å². The molecule has 0 aromatic rings. The van der Waals surface area contributed by atoms with Gasteiger partial charge in [0.2, 0.25) is 5.91 Å². The van der Waals surface area contributed by atoms with Crippen LogP contribution < -0.4 is 5.32 Å². The molecule has 4 aliphatic carbocycles. The molecule has 0 aromatic heterocycles. The predicted octanol–water partition coefficient (Wildman–Crippen LogP) is 4.43. The Morgan fingerprint density at radius 3 is 2.45 bits per heavy atom. The lowest BCUT2D eigenvalue weighted by atomic mass is 9.44. The summed E-state index contributed by atoms with van der Waals surface area (Å²) in [6.45, 7) is 7.34. The molecule has 0 spiro atoms. The van der Waals surface area contributed by atoms with Crippen LogP contribution in [0.4, 0.5) is 0 Å². The number of hydrogen-bond donors (Lipinski definition) is 3. The number of nitrogens with one attached hydrogen (secondary N) is 1. The third-order valence-electron chi connectivity index (χ3n) is 10.9. The fraction of sp³-hybridized carbons (Fsp3) is 0.962. The van der Waals surface area contributed by atoms with E-state index in [1.165, 1.54) is 44.9 Å². The molecule has 7 heteroatoms. The Morgan fingerprint density at radius 2 is 1.73 bits per heavy atom. The van der Waals surface area contributed by atoms with Crippen LogP contribution in [0.15, 0.2) is 0 Å². The Morgan fingerprint density at radius 1 is 1.03 bits per heavy atom. The fourth-order valence-corrected chi connectivity index (χ4v) is 9.54. The minimum atomic E-state index is -4.04. The zero-order valence-electron chi connectivity index (χ0n) is 20.8. The molecule has 9 atom stereocenters. The smallest absolute Gasteiger partial charge is 0.266 e. The summed E-state index contributed by atoms with van der Waals surface area (Å²) in [5.74, 6) is 3.68. The molecule has 1 amide bonds. The predicted molar refractivity (Wildman–Crippen MR) is 129 cm³/mol. The van der Waals surface area contributed by atoms with Crippen molar-refractivity contribution in [1.82, 2.24) is 5.32 Å². The van der Waals surface area contributed by atoms with E-state index < -0.39 is 15.9 Å². The average Bonchev–Trinajstić information content (AvgIpc) is 3.09. The lowest BCUT2D eigenvalue weighted by Gasteiger charge is -2.61. The van der Waals surface area contributed by atoms with Crippen LogP contribution in [0.5, 0.6) is 0 Å². The average molecular weight is 484 g/mol. The highest BCUT2D eigenvalue weighted by Crippen LogP contribution is 2.68. The van der Waals surface area contributed by atoms with Crippen LogP contribution in [0.1, 0.15) is 91.4 Å². The summed E-state index contributed by atoms with van der Waals surface area (Å²) in [4.78, 5) is 12.2. The highest BCUT2D eigenvalue weighted by atomic mass is 32.2. The van der Waals surface area contributed by atoms with Crippen molar-refractivity contribution in [3.05, 3.63) is 0 Å². The molecule has 4 aliphatic rings. The van der Waals surface area contributed by atoms with Gasteiger partial charge in [-0.2, -0.15) is 8.42 Å². The summed E-state index contributed by atoms with van der Waals surface area (Å²) in [5, 5.41) is 12.9. The number of hydrogen-bond acceptors (Lipinski definition) is 4. The topological polar surface area (TPSA) is 104 Å². The van der Waals surface area contributed by atoms with Gasteiger partial charge in [-0.15, -0.1) is 0 Å². The summed E-state index contributed by atoms with van der Waals surface area (Å²) in [6, 6.07) is 0. The van der Waals surface area contributed by atoms with Gasteiger partial charge in [0, 0.05) is 13.0 Å². The molecular weight excluding hydrogens is 438 g/mol. The summed E-state index contributed by atoms with van der Waals surface area (Å²) in [6.07, 6.45) is 12.1. The molecule has 0 aromatic carbocycles. The number of rotatable bonds is 7. The van der Waals surface area contributed by atoms with Crippen molar-refractivity contribution in [2.24, 2.45) is 46.3 Å². The van der Waals surface area contributed by atoms with Crippen LogP contribution in [0, 0.1) is 46.3 Å². The molecule has 190 valence electrons. The Kier molecular flexibility index (Phi) is 7.26. The van der Waals surface area contributed by atoms with Crippen LogP contribution in [0.25, 0.3) is 0 Å². The molecule has 0 unspecified atom stereocenters. The van der Waals surface area contributed by atoms with Crippen molar-refractivity contribution in [3.63, 3.8) is 0 Å².